The van der Waals surface area contributed by atoms with Gasteiger partial charge in [-0.1, -0.05) is 255 Å². The topological polar surface area (TPSA) is 6.48 Å². The van der Waals surface area contributed by atoms with Crippen LogP contribution in [-0.4, -0.2) is 0 Å². The minimum absolute atomic E-state index is 1.09. The molecule has 0 bridgehead atoms. The van der Waals surface area contributed by atoms with Crippen LogP contribution >= 0.6 is 0 Å². The number of para-hydroxylation sites is 2. The molecule has 0 aromatic heterocycles. The van der Waals surface area contributed by atoms with Crippen LogP contribution in [0.15, 0.2) is 328 Å². The molecule has 398 valence electrons. The molecular formula is C82H60N2. The zero-order valence-electron chi connectivity index (χ0n) is 47.1. The molecule has 0 saturated carbocycles. The Hall–Kier alpha value is -10.8. The van der Waals surface area contributed by atoms with Crippen LogP contribution in [0.4, 0.5) is 34.1 Å². The molecule has 2 heteroatoms. The van der Waals surface area contributed by atoms with Gasteiger partial charge in [-0.2, -0.15) is 0 Å². The van der Waals surface area contributed by atoms with E-state index in [0.717, 1.165) is 56.4 Å². The molecule has 14 rings (SSSR count). The highest BCUT2D eigenvalue weighted by Crippen LogP contribution is 2.47. The van der Waals surface area contributed by atoms with Gasteiger partial charge in [-0.25, -0.2) is 0 Å². The molecule has 0 saturated heterocycles. The summed E-state index contributed by atoms with van der Waals surface area (Å²) < 4.78 is 0. The van der Waals surface area contributed by atoms with E-state index in [0.29, 0.717) is 0 Å². The summed E-state index contributed by atoms with van der Waals surface area (Å²) in [7, 11) is 0. The van der Waals surface area contributed by atoms with Gasteiger partial charge in [0.05, 0.1) is 11.4 Å². The van der Waals surface area contributed by atoms with Gasteiger partial charge < -0.3 is 9.80 Å². The molecule has 14 aromatic rings. The molecule has 14 aromatic carbocycles. The highest BCUT2D eigenvalue weighted by Gasteiger charge is 2.22. The van der Waals surface area contributed by atoms with E-state index in [2.05, 4.69) is 351 Å². The monoisotopic (exact) mass is 1070 g/mol. The fourth-order valence-electron chi connectivity index (χ4n) is 12.1. The lowest BCUT2D eigenvalue weighted by Gasteiger charge is -2.30. The molecule has 0 aliphatic carbocycles. The molecule has 0 aliphatic heterocycles. The average Bonchev–Trinajstić information content (AvgIpc) is 2.50. The lowest BCUT2D eigenvalue weighted by Crippen LogP contribution is -2.13. The van der Waals surface area contributed by atoms with Crippen LogP contribution < -0.4 is 9.80 Å². The number of rotatable bonds is 13. The van der Waals surface area contributed by atoms with E-state index < -0.39 is 0 Å². The number of fused-ring (bicyclic) bond motifs is 2. The summed E-state index contributed by atoms with van der Waals surface area (Å²) >= 11 is 0. The SMILES string of the molecule is Cc1cc(-c2ccc(N(c3ccc(-c4ccc(-c5ccccc5)cc4)cc3)c3ccccc3-c3ccc4ccccc4c3)c(C)c2)ccc1N(c1ccc(-c2ccc(-c3ccccc3)cc2)cc1)c1ccccc1-c1ccc2ccccc2c1. The van der Waals surface area contributed by atoms with Crippen molar-refractivity contribution in [3.05, 3.63) is 339 Å². The van der Waals surface area contributed by atoms with Crippen molar-refractivity contribution in [2.45, 2.75) is 13.8 Å². The maximum atomic E-state index is 2.44. The molecule has 0 fully saturated rings. The van der Waals surface area contributed by atoms with Crippen molar-refractivity contribution < 1.29 is 0 Å². The fourth-order valence-corrected chi connectivity index (χ4v) is 12.1. The van der Waals surface area contributed by atoms with Gasteiger partial charge >= 0.3 is 0 Å². The summed E-state index contributed by atoms with van der Waals surface area (Å²) in [4.78, 5) is 4.88. The Balaban J connectivity index is 0.833. The summed E-state index contributed by atoms with van der Waals surface area (Å²) in [5, 5.41) is 4.90. The first-order chi connectivity index (χ1) is 41.5. The predicted molar refractivity (Wildman–Crippen MR) is 358 cm³/mol. The average molecular weight is 1070 g/mol. The molecule has 0 amide bonds. The number of nitrogens with zero attached hydrogens (tertiary/aromatic N) is 2. The second-order valence-corrected chi connectivity index (χ2v) is 21.8. The van der Waals surface area contributed by atoms with E-state index in [9.17, 15) is 0 Å². The maximum Gasteiger partial charge on any atom is 0.0540 e. The van der Waals surface area contributed by atoms with Gasteiger partial charge in [-0.05, 0) is 186 Å². The van der Waals surface area contributed by atoms with Crippen molar-refractivity contribution in [1.29, 1.82) is 0 Å². The van der Waals surface area contributed by atoms with Gasteiger partial charge in [0.1, 0.15) is 0 Å². The van der Waals surface area contributed by atoms with Gasteiger partial charge in [-0.3, -0.25) is 0 Å². The van der Waals surface area contributed by atoms with Gasteiger partial charge in [-0.15, -0.1) is 0 Å². The summed E-state index contributed by atoms with van der Waals surface area (Å²) in [5.41, 5.74) is 25.5. The molecule has 2 nitrogen and oxygen atoms in total. The highest BCUT2D eigenvalue weighted by molar-refractivity contribution is 5.96. The van der Waals surface area contributed by atoms with Crippen LogP contribution in [0.3, 0.4) is 0 Å². The van der Waals surface area contributed by atoms with Gasteiger partial charge in [0.25, 0.3) is 0 Å². The Labute approximate surface area is 493 Å². The Morgan fingerprint density at radius 2 is 0.452 bits per heavy atom. The number of hydrogen-bond acceptors (Lipinski definition) is 2. The lowest BCUT2D eigenvalue weighted by atomic mass is 9.96. The standard InChI is InChI=1S/C82H60N2/c1-57-53-71(45-51-79(57)83(81-27-15-13-25-77(81)73-39-37-61-21-9-11-23-69(61)55-73)75-47-41-67(42-48-75)65-33-29-63(30-34-65)59-17-5-3-6-18-59)72-46-52-80(58(2)54-72)84(82-28-16-14-26-78(82)74-40-38-62-22-10-12-24-70(62)56-74)76-49-43-68(44-50-76)66-35-31-64(32-36-66)60-19-7-4-8-20-60/h3-56H,1-2H3. The quantitative estimate of drug-likeness (QED) is 0.114. The number of benzene rings is 14. The minimum Gasteiger partial charge on any atom is -0.310 e. The first-order valence-corrected chi connectivity index (χ1v) is 29.0. The van der Waals surface area contributed by atoms with E-state index >= 15 is 0 Å². The van der Waals surface area contributed by atoms with Crippen molar-refractivity contribution in [3.63, 3.8) is 0 Å². The van der Waals surface area contributed by atoms with E-state index in [1.54, 1.807) is 0 Å². The summed E-state index contributed by atoms with van der Waals surface area (Å²) in [6.45, 7) is 4.50. The Morgan fingerprint density at radius 1 is 0.179 bits per heavy atom. The molecule has 84 heavy (non-hydrogen) atoms. The molecule has 0 spiro atoms. The molecule has 0 aliphatic rings. The van der Waals surface area contributed by atoms with Crippen LogP contribution in [0, 0.1) is 13.8 Å². The second kappa shape index (κ2) is 22.6. The normalized spacial score (nSPS) is 11.2. The van der Waals surface area contributed by atoms with Crippen LogP contribution in [0.2, 0.25) is 0 Å². The van der Waals surface area contributed by atoms with Gasteiger partial charge in [0.2, 0.25) is 0 Å². The second-order valence-electron chi connectivity index (χ2n) is 21.8. The van der Waals surface area contributed by atoms with E-state index in [-0.39, 0.29) is 0 Å². The lowest BCUT2D eigenvalue weighted by molar-refractivity contribution is 1.24. The molecule has 0 heterocycles. The number of anilines is 6. The zero-order chi connectivity index (χ0) is 56.3. The van der Waals surface area contributed by atoms with Crippen molar-refractivity contribution >= 4 is 55.7 Å². The first-order valence-electron chi connectivity index (χ1n) is 29.0. The van der Waals surface area contributed by atoms with Crippen LogP contribution in [0.25, 0.3) is 99.4 Å². The third-order valence-electron chi connectivity index (χ3n) is 16.5. The van der Waals surface area contributed by atoms with Gasteiger partial charge in [0, 0.05) is 33.9 Å². The fraction of sp³-hybridized carbons (Fsp3) is 0.0244. The summed E-state index contributed by atoms with van der Waals surface area (Å²) in [6.07, 6.45) is 0. The zero-order valence-corrected chi connectivity index (χ0v) is 47.1. The van der Waals surface area contributed by atoms with Crippen LogP contribution in [0.1, 0.15) is 11.1 Å². The molecule has 0 N–H and O–H groups in total. The van der Waals surface area contributed by atoms with E-state index in [4.69, 9.17) is 0 Å². The third-order valence-corrected chi connectivity index (χ3v) is 16.5. The summed E-state index contributed by atoms with van der Waals surface area (Å²) in [6, 6.07) is 120. The van der Waals surface area contributed by atoms with Crippen molar-refractivity contribution in [1.82, 2.24) is 0 Å². The van der Waals surface area contributed by atoms with Crippen LogP contribution in [-0.2, 0) is 0 Å². The van der Waals surface area contributed by atoms with Crippen molar-refractivity contribution in [2.75, 3.05) is 9.80 Å². The minimum atomic E-state index is 1.09. The third kappa shape index (κ3) is 10.2. The summed E-state index contributed by atoms with van der Waals surface area (Å²) in [5.74, 6) is 0. The predicted octanol–water partition coefficient (Wildman–Crippen LogP) is 23.2. The van der Waals surface area contributed by atoms with E-state index in [1.165, 1.54) is 88.3 Å². The first kappa shape index (κ1) is 51.4. The molecule has 0 atom stereocenters. The van der Waals surface area contributed by atoms with E-state index in [1.807, 2.05) is 0 Å². The Kier molecular flexibility index (Phi) is 13.8. The highest BCUT2D eigenvalue weighted by atomic mass is 15.2. The van der Waals surface area contributed by atoms with Crippen molar-refractivity contribution in [2.24, 2.45) is 0 Å². The smallest absolute Gasteiger partial charge is 0.0540 e. The number of aryl methyl sites for hydroxylation is 2. The Bertz CT molecular complexity index is 4340. The molecular weight excluding hydrogens is 1010 g/mol. The number of hydrogen-bond donors (Lipinski definition) is 0. The maximum absolute atomic E-state index is 2.44. The molecule has 0 radical (unpaired) electrons. The molecule has 0 unspecified atom stereocenters. The largest absolute Gasteiger partial charge is 0.310 e. The Morgan fingerprint density at radius 3 is 0.810 bits per heavy atom. The van der Waals surface area contributed by atoms with Gasteiger partial charge in [0.15, 0.2) is 0 Å². The van der Waals surface area contributed by atoms with Crippen LogP contribution in [0.5, 0.6) is 0 Å². The van der Waals surface area contributed by atoms with Crippen molar-refractivity contribution in [3.8, 4) is 77.9 Å².